The number of halogens is 3. The van der Waals surface area contributed by atoms with E-state index in [1.165, 1.54) is 16.1 Å². The van der Waals surface area contributed by atoms with Gasteiger partial charge in [-0.3, -0.25) is 19.4 Å². The zero-order valence-electron chi connectivity index (χ0n) is 45.8. The van der Waals surface area contributed by atoms with Gasteiger partial charge in [0.15, 0.2) is 5.15 Å². The molecule has 7 heterocycles. The van der Waals surface area contributed by atoms with Gasteiger partial charge in [0.1, 0.15) is 41.5 Å². The van der Waals surface area contributed by atoms with E-state index in [1.807, 2.05) is 137 Å². The van der Waals surface area contributed by atoms with Crippen LogP contribution in [0.1, 0.15) is 113 Å². The fraction of sp³-hybridized carbons (Fsp3) is 0.491. The number of ether oxygens (including phenoxy) is 2. The Morgan fingerprint density at radius 1 is 0.688 bits per heavy atom. The molecule has 0 aliphatic carbocycles. The molecule has 6 aromatic rings. The van der Waals surface area contributed by atoms with Crippen molar-refractivity contribution in [3.05, 3.63) is 110 Å². The number of carbonyl (C=O) groups is 4. The Labute approximate surface area is 474 Å². The fourth-order valence-electron chi connectivity index (χ4n) is 8.76. The normalized spacial score (nSPS) is 18.4. The first-order chi connectivity index (χ1) is 35.4. The van der Waals surface area contributed by atoms with Crippen molar-refractivity contribution in [3.63, 3.8) is 0 Å². The summed E-state index contributed by atoms with van der Waals surface area (Å²) in [5.74, 6) is -0.150. The van der Waals surface area contributed by atoms with Crippen molar-refractivity contribution in [2.24, 2.45) is 0 Å². The van der Waals surface area contributed by atoms with Crippen LogP contribution in [0, 0.1) is 13.8 Å². The average Bonchev–Trinajstić information content (AvgIpc) is 3.97. The van der Waals surface area contributed by atoms with Crippen LogP contribution in [-0.2, 0) is 41.5 Å². The Morgan fingerprint density at radius 2 is 1.13 bits per heavy atom. The van der Waals surface area contributed by atoms with Crippen molar-refractivity contribution in [2.45, 2.75) is 152 Å². The molecule has 0 spiro atoms. The van der Waals surface area contributed by atoms with Crippen LogP contribution in [0.15, 0.2) is 82.5 Å². The highest BCUT2D eigenvalue weighted by molar-refractivity contribution is 9.10. The molecule has 3 aliphatic heterocycles. The van der Waals surface area contributed by atoms with Crippen LogP contribution in [-0.4, -0.2) is 141 Å². The van der Waals surface area contributed by atoms with Crippen molar-refractivity contribution in [1.29, 1.82) is 0 Å². The van der Waals surface area contributed by atoms with Gasteiger partial charge in [-0.2, -0.15) is 10.2 Å². The van der Waals surface area contributed by atoms with Crippen molar-refractivity contribution < 1.29 is 38.0 Å². The summed E-state index contributed by atoms with van der Waals surface area (Å²) in [5.41, 5.74) is 6.85. The number of aromatic nitrogens is 6. The largest absolute Gasteiger partial charge is 0.494 e. The first-order valence-electron chi connectivity index (χ1n) is 25.2. The number of hydrogen-bond acceptors (Lipinski definition) is 12. The lowest BCUT2D eigenvalue weighted by atomic mass is 9.78. The molecule has 9 rings (SSSR count). The Morgan fingerprint density at radius 3 is 1.58 bits per heavy atom. The highest BCUT2D eigenvalue weighted by Crippen LogP contribution is 2.37. The van der Waals surface area contributed by atoms with Gasteiger partial charge in [0.05, 0.1) is 22.4 Å². The third-order valence-electron chi connectivity index (χ3n) is 13.7. The number of amides is 4. The van der Waals surface area contributed by atoms with Gasteiger partial charge in [0, 0.05) is 66.2 Å². The second kappa shape index (κ2) is 23.8. The van der Waals surface area contributed by atoms with E-state index in [4.69, 9.17) is 30.4 Å². The molecule has 0 N–H and O–H groups in total. The van der Waals surface area contributed by atoms with Crippen LogP contribution in [0.4, 0.5) is 9.59 Å². The summed E-state index contributed by atoms with van der Waals surface area (Å²) in [6.07, 6.45) is 5.79. The van der Waals surface area contributed by atoms with Crippen molar-refractivity contribution in [1.82, 2.24) is 48.8 Å². The minimum absolute atomic E-state index is 0. The maximum atomic E-state index is 13.0. The first-order valence-corrected chi connectivity index (χ1v) is 27.1. The lowest BCUT2D eigenvalue weighted by Gasteiger charge is -2.39. The third kappa shape index (κ3) is 14.4. The molecule has 2 atom stereocenters. The summed E-state index contributed by atoms with van der Waals surface area (Å²) in [5, 5.41) is 8.67. The van der Waals surface area contributed by atoms with Gasteiger partial charge in [-0.15, -0.1) is 0 Å². The maximum absolute atomic E-state index is 13.0. The summed E-state index contributed by atoms with van der Waals surface area (Å²) in [6, 6.07) is 15.0. The molecule has 3 saturated heterocycles. The van der Waals surface area contributed by atoms with Gasteiger partial charge in [-0.1, -0.05) is 49.4 Å². The molecule has 4 aromatic heterocycles. The number of benzene rings is 2. The molecule has 0 saturated carbocycles. The molecular formula is C55H72BBr2ClN10O8. The molecule has 3 fully saturated rings. The van der Waals surface area contributed by atoms with E-state index >= 15 is 0 Å². The second-order valence-corrected chi connectivity index (χ2v) is 24.5. The lowest BCUT2D eigenvalue weighted by Crippen LogP contribution is -2.57. The minimum Gasteiger partial charge on any atom is -0.444 e. The topological polar surface area (TPSA) is 179 Å². The number of carbonyl (C=O) groups excluding carboxylic acids is 4. The van der Waals surface area contributed by atoms with Gasteiger partial charge in [-0.05, 0) is 175 Å². The summed E-state index contributed by atoms with van der Waals surface area (Å²) in [6.45, 7) is 29.5. The molecular weight excluding hydrogens is 1130 g/mol. The molecule has 414 valence electrons. The smallest absolute Gasteiger partial charge is 0.444 e. The Balaban J connectivity index is 0.000000206. The summed E-state index contributed by atoms with van der Waals surface area (Å²) >= 11 is 12.6. The fourth-order valence-corrected chi connectivity index (χ4v) is 9.76. The molecule has 18 nitrogen and oxygen atoms in total. The van der Waals surface area contributed by atoms with Crippen molar-refractivity contribution >= 4 is 91.1 Å². The van der Waals surface area contributed by atoms with E-state index in [0.717, 1.165) is 59.0 Å². The molecule has 2 unspecified atom stereocenters. The van der Waals surface area contributed by atoms with Crippen molar-refractivity contribution in [2.75, 3.05) is 26.2 Å². The van der Waals surface area contributed by atoms with Crippen LogP contribution in [0.3, 0.4) is 0 Å². The van der Waals surface area contributed by atoms with E-state index < -0.39 is 42.6 Å². The molecule has 0 radical (unpaired) electrons. The number of fused-ring (bicyclic) bond motifs is 2. The minimum atomic E-state index is -0.595. The Hall–Kier alpha value is -5.61. The summed E-state index contributed by atoms with van der Waals surface area (Å²) in [4.78, 5) is 65.9. The number of hydrogen-bond donors (Lipinski definition) is 0. The molecule has 0 bridgehead atoms. The van der Waals surface area contributed by atoms with E-state index in [1.54, 1.807) is 34.1 Å². The number of aryl methyl sites for hydroxylation is 2. The SMILES string of the molecule is C.Cc1cc(-c2ncnn3cc(Br)cc23)ccc1CN1CCN(C(=O)OC(C)(C)C)C(C)C1=O.Cc1cc(B2OC(C)(C)C(C)(C)O2)ccc1CN1CCN(C(=O)OC(C)(C)C)C(C)C1=O.Clc1ncnn2cc(Br)cc12. The van der Waals surface area contributed by atoms with Crippen molar-refractivity contribution in [3.8, 4) is 11.3 Å². The summed E-state index contributed by atoms with van der Waals surface area (Å²) in [7, 11) is -0.410. The first kappa shape index (κ1) is 60.6. The van der Waals surface area contributed by atoms with Crippen LogP contribution < -0.4 is 5.46 Å². The molecule has 3 aliphatic rings. The molecule has 22 heteroatoms. The quantitative estimate of drug-likeness (QED) is 0.144. The van der Waals surface area contributed by atoms with E-state index in [0.29, 0.717) is 44.4 Å². The van der Waals surface area contributed by atoms with Crippen LogP contribution in [0.5, 0.6) is 0 Å². The van der Waals surface area contributed by atoms with Gasteiger partial charge < -0.3 is 28.6 Å². The van der Waals surface area contributed by atoms with Crippen LogP contribution in [0.2, 0.25) is 5.15 Å². The Bertz CT molecular complexity index is 3120. The van der Waals surface area contributed by atoms with Gasteiger partial charge >= 0.3 is 19.3 Å². The lowest BCUT2D eigenvalue weighted by molar-refractivity contribution is -0.141. The standard InChI is InChI=1S/C24H37BN2O5.C24H28BrN5O3.C6H3BrClN3.CH4/c1-16-14-19(25-31-23(6,7)24(8,9)32-25)11-10-18(16)15-26-12-13-27(17(2)20(26)28)21(29)30-22(3,4)5;1-15-10-17(21-20-11-19(25)13-30(20)27-14-26-21)6-7-18(15)12-28-8-9-29(16(2)22(28)31)23(32)33-24(3,4)5;7-4-1-5-6(8)9-3-10-11(5)2-4;/h10-11,14,17H,12-13,15H2,1-9H3;6-7,10-11,13-14,16H,8-9,12H2,1-5H3;1-3H;1H4. The zero-order chi connectivity index (χ0) is 55.8. The molecule has 2 aromatic carbocycles. The highest BCUT2D eigenvalue weighted by atomic mass is 79.9. The summed E-state index contributed by atoms with van der Waals surface area (Å²) < 4.78 is 28.6. The van der Waals surface area contributed by atoms with Gasteiger partial charge in [0.25, 0.3) is 0 Å². The van der Waals surface area contributed by atoms with Crippen LogP contribution >= 0.6 is 43.5 Å². The Kier molecular flexibility index (Phi) is 18.7. The highest BCUT2D eigenvalue weighted by Gasteiger charge is 2.52. The number of piperazine rings is 2. The monoisotopic (exact) mass is 1200 g/mol. The predicted octanol–water partition coefficient (Wildman–Crippen LogP) is 10.5. The predicted molar refractivity (Wildman–Crippen MR) is 306 cm³/mol. The van der Waals surface area contributed by atoms with Gasteiger partial charge in [0.2, 0.25) is 11.8 Å². The second-order valence-electron chi connectivity index (χ2n) is 22.3. The zero-order valence-corrected chi connectivity index (χ0v) is 49.7. The van der Waals surface area contributed by atoms with Gasteiger partial charge in [-0.25, -0.2) is 28.6 Å². The molecule has 77 heavy (non-hydrogen) atoms. The number of nitrogens with zero attached hydrogens (tertiary/aromatic N) is 10. The van der Waals surface area contributed by atoms with Crippen LogP contribution in [0.25, 0.3) is 22.3 Å². The molecule has 4 amide bonds. The average molecular weight is 1210 g/mol. The third-order valence-corrected chi connectivity index (χ3v) is 14.8. The van der Waals surface area contributed by atoms with E-state index in [2.05, 4.69) is 64.2 Å². The van der Waals surface area contributed by atoms with E-state index in [9.17, 15) is 19.2 Å². The maximum Gasteiger partial charge on any atom is 0.494 e. The number of rotatable bonds is 6. The van der Waals surface area contributed by atoms with E-state index in [-0.39, 0.29) is 30.4 Å².